The van der Waals surface area contributed by atoms with Crippen LogP contribution in [0.3, 0.4) is 0 Å². The molecule has 0 aromatic carbocycles. The number of hydrogen-bond donors (Lipinski definition) is 0. The summed E-state index contributed by atoms with van der Waals surface area (Å²) >= 11 is 3.16. The molecule has 1 aromatic heterocycles. The minimum absolute atomic E-state index is 0.00539. The molecule has 1 heterocycles. The van der Waals surface area contributed by atoms with Gasteiger partial charge in [-0.05, 0) is 35.8 Å². The number of pyridine rings is 1. The van der Waals surface area contributed by atoms with Gasteiger partial charge >= 0.3 is 0 Å². The number of nitrogens with zero attached hydrogens (tertiary/aromatic N) is 1. The summed E-state index contributed by atoms with van der Waals surface area (Å²) in [6, 6.07) is 3.72. The van der Waals surface area contributed by atoms with Crippen LogP contribution in [-0.2, 0) is 11.0 Å². The predicted molar refractivity (Wildman–Crippen MR) is 84.3 cm³/mol. The zero-order chi connectivity index (χ0) is 14.7. The zero-order valence-electron chi connectivity index (χ0n) is 12.3. The van der Waals surface area contributed by atoms with Crippen molar-refractivity contribution in [2.24, 2.45) is 0 Å². The van der Waals surface area contributed by atoms with E-state index < -0.39 is 8.32 Å². The van der Waals surface area contributed by atoms with Crippen LogP contribution in [0.2, 0.25) is 18.1 Å². The second-order valence-electron chi connectivity index (χ2n) is 6.16. The molecule has 1 aromatic rings. The maximum atomic E-state index is 11.6. The lowest BCUT2D eigenvalue weighted by Gasteiger charge is -2.36. The summed E-state index contributed by atoms with van der Waals surface area (Å²) in [6.45, 7) is 11.6. The average molecular weight is 344 g/mol. The van der Waals surface area contributed by atoms with Gasteiger partial charge in [0, 0.05) is 6.20 Å². The largest absolute Gasteiger partial charge is 0.413 e. The van der Waals surface area contributed by atoms with Gasteiger partial charge in [-0.3, -0.25) is 9.78 Å². The number of Topliss-reactive ketones (excluding diaryl/α,β-unsaturated/α-hetero) is 1. The molecular weight excluding hydrogens is 322 g/mol. The number of halogens is 1. The minimum atomic E-state index is -1.76. The van der Waals surface area contributed by atoms with Gasteiger partial charge in [0.2, 0.25) is 0 Å². The summed E-state index contributed by atoms with van der Waals surface area (Å²) in [5, 5.41) is 0.487. The Kier molecular flexibility index (Phi) is 5.47. The van der Waals surface area contributed by atoms with E-state index in [4.69, 9.17) is 4.43 Å². The van der Waals surface area contributed by atoms with E-state index in [1.165, 1.54) is 0 Å². The van der Waals surface area contributed by atoms with Crippen molar-refractivity contribution in [2.45, 2.75) is 45.5 Å². The van der Waals surface area contributed by atoms with Gasteiger partial charge in [0.1, 0.15) is 5.69 Å². The molecule has 0 N–H and O–H groups in total. The highest BCUT2D eigenvalue weighted by molar-refractivity contribution is 9.09. The third kappa shape index (κ3) is 4.51. The van der Waals surface area contributed by atoms with Gasteiger partial charge in [-0.15, -0.1) is 0 Å². The van der Waals surface area contributed by atoms with Crippen LogP contribution in [-0.4, -0.2) is 24.4 Å². The smallest absolute Gasteiger partial charge is 0.192 e. The SMILES string of the molecule is CC(C)(C)[Si](C)(C)OCc1ccnc(C(=O)CBr)c1. The predicted octanol–water partition coefficient (Wildman–Crippen LogP) is 4.18. The molecule has 0 aliphatic rings. The second kappa shape index (κ2) is 6.28. The monoisotopic (exact) mass is 343 g/mol. The Labute approximate surface area is 125 Å². The van der Waals surface area contributed by atoms with Gasteiger partial charge in [-0.25, -0.2) is 0 Å². The Bertz CT molecular complexity index is 455. The summed E-state index contributed by atoms with van der Waals surface area (Å²) in [4.78, 5) is 15.7. The quantitative estimate of drug-likeness (QED) is 0.457. The highest BCUT2D eigenvalue weighted by Crippen LogP contribution is 2.37. The Hall–Kier alpha value is -0.523. The average Bonchev–Trinajstić information content (AvgIpc) is 2.34. The van der Waals surface area contributed by atoms with E-state index in [9.17, 15) is 4.79 Å². The van der Waals surface area contributed by atoms with Crippen molar-refractivity contribution in [1.29, 1.82) is 0 Å². The van der Waals surface area contributed by atoms with Crippen LogP contribution in [0.1, 0.15) is 36.8 Å². The van der Waals surface area contributed by atoms with E-state index in [0.29, 0.717) is 17.6 Å². The number of alkyl halides is 1. The van der Waals surface area contributed by atoms with Crippen molar-refractivity contribution in [3.8, 4) is 0 Å². The van der Waals surface area contributed by atoms with Gasteiger partial charge in [-0.2, -0.15) is 0 Å². The maximum Gasteiger partial charge on any atom is 0.192 e. The topological polar surface area (TPSA) is 39.2 Å². The van der Waals surface area contributed by atoms with E-state index in [1.54, 1.807) is 6.20 Å². The number of hydrogen-bond acceptors (Lipinski definition) is 3. The van der Waals surface area contributed by atoms with Crippen LogP contribution in [0.25, 0.3) is 0 Å². The molecule has 0 amide bonds. The number of carbonyl (C=O) groups excluding carboxylic acids is 1. The molecule has 0 unspecified atom stereocenters. The Morgan fingerprint density at radius 3 is 2.58 bits per heavy atom. The highest BCUT2D eigenvalue weighted by Gasteiger charge is 2.37. The van der Waals surface area contributed by atoms with Gasteiger partial charge < -0.3 is 4.43 Å². The molecule has 0 atom stereocenters. The first kappa shape index (κ1) is 16.5. The fourth-order valence-corrected chi connectivity index (χ4v) is 2.51. The normalized spacial score (nSPS) is 12.5. The van der Waals surface area contributed by atoms with Gasteiger partial charge in [0.25, 0.3) is 0 Å². The van der Waals surface area contributed by atoms with Crippen LogP contribution < -0.4 is 0 Å². The summed E-state index contributed by atoms with van der Waals surface area (Å²) in [5.41, 5.74) is 1.50. The molecule has 0 spiro atoms. The summed E-state index contributed by atoms with van der Waals surface area (Å²) in [5.74, 6) is -0.00539. The van der Waals surface area contributed by atoms with Crippen LogP contribution in [0.15, 0.2) is 18.3 Å². The molecule has 3 nitrogen and oxygen atoms in total. The molecule has 0 radical (unpaired) electrons. The van der Waals surface area contributed by atoms with Crippen LogP contribution in [0.5, 0.6) is 0 Å². The van der Waals surface area contributed by atoms with E-state index in [0.717, 1.165) is 5.56 Å². The van der Waals surface area contributed by atoms with E-state index in [1.807, 2.05) is 12.1 Å². The van der Waals surface area contributed by atoms with Crippen molar-refractivity contribution in [2.75, 3.05) is 5.33 Å². The summed E-state index contributed by atoms with van der Waals surface area (Å²) < 4.78 is 6.14. The Morgan fingerprint density at radius 2 is 2.05 bits per heavy atom. The fraction of sp³-hybridized carbons (Fsp3) is 0.571. The first-order valence-electron chi connectivity index (χ1n) is 6.35. The molecule has 5 heteroatoms. The Balaban J connectivity index is 2.76. The molecule has 0 aliphatic carbocycles. The number of carbonyl (C=O) groups is 1. The molecule has 106 valence electrons. The van der Waals surface area contributed by atoms with E-state index in [-0.39, 0.29) is 10.8 Å². The molecule has 0 bridgehead atoms. The van der Waals surface area contributed by atoms with Crippen molar-refractivity contribution < 1.29 is 9.22 Å². The van der Waals surface area contributed by atoms with Crippen LogP contribution in [0.4, 0.5) is 0 Å². The van der Waals surface area contributed by atoms with Gasteiger partial charge in [0.05, 0.1) is 11.9 Å². The lowest BCUT2D eigenvalue weighted by molar-refractivity contribution is 0.101. The second-order valence-corrected chi connectivity index (χ2v) is 11.5. The van der Waals surface area contributed by atoms with Crippen molar-refractivity contribution >= 4 is 30.0 Å². The summed E-state index contributed by atoms with van der Waals surface area (Å²) in [6.07, 6.45) is 1.67. The summed E-state index contributed by atoms with van der Waals surface area (Å²) in [7, 11) is -1.76. The number of aromatic nitrogens is 1. The lowest BCUT2D eigenvalue weighted by atomic mass is 10.2. The lowest BCUT2D eigenvalue weighted by Crippen LogP contribution is -2.40. The van der Waals surface area contributed by atoms with E-state index >= 15 is 0 Å². The third-order valence-electron chi connectivity index (χ3n) is 3.64. The molecular formula is C14H22BrNO2Si. The highest BCUT2D eigenvalue weighted by atomic mass is 79.9. The Morgan fingerprint density at radius 1 is 1.42 bits per heavy atom. The van der Waals surface area contributed by atoms with Crippen molar-refractivity contribution in [1.82, 2.24) is 4.98 Å². The first-order valence-corrected chi connectivity index (χ1v) is 10.4. The van der Waals surface area contributed by atoms with Gasteiger partial charge in [0.15, 0.2) is 14.1 Å². The number of rotatable bonds is 5. The molecule has 19 heavy (non-hydrogen) atoms. The fourth-order valence-electron chi connectivity index (χ4n) is 1.27. The van der Waals surface area contributed by atoms with Crippen molar-refractivity contribution in [3.05, 3.63) is 29.6 Å². The van der Waals surface area contributed by atoms with Crippen LogP contribution >= 0.6 is 15.9 Å². The van der Waals surface area contributed by atoms with E-state index in [2.05, 4.69) is 54.8 Å². The number of ketones is 1. The van der Waals surface area contributed by atoms with Crippen LogP contribution in [0, 0.1) is 0 Å². The minimum Gasteiger partial charge on any atom is -0.413 e. The van der Waals surface area contributed by atoms with Gasteiger partial charge in [-0.1, -0.05) is 36.7 Å². The van der Waals surface area contributed by atoms with Crippen molar-refractivity contribution in [3.63, 3.8) is 0 Å². The molecule has 0 fully saturated rings. The first-order chi connectivity index (χ1) is 8.67. The molecule has 0 aliphatic heterocycles. The standard InChI is InChI=1S/C14H22BrNO2Si/c1-14(2,3)19(4,5)18-10-11-6-7-16-12(8-11)13(17)9-15/h6-8H,9-10H2,1-5H3. The molecule has 0 saturated heterocycles. The maximum absolute atomic E-state index is 11.6. The third-order valence-corrected chi connectivity index (χ3v) is 8.62. The molecule has 0 saturated carbocycles. The zero-order valence-corrected chi connectivity index (χ0v) is 14.9. The molecule has 1 rings (SSSR count).